The zero-order valence-electron chi connectivity index (χ0n) is 10.7. The van der Waals surface area contributed by atoms with E-state index < -0.39 is 11.7 Å². The first-order valence-electron chi connectivity index (χ1n) is 5.93. The van der Waals surface area contributed by atoms with Crippen LogP contribution in [0.3, 0.4) is 0 Å². The van der Waals surface area contributed by atoms with E-state index in [1.165, 1.54) is 30.5 Å². The number of ether oxygens (including phenoxy) is 1. The van der Waals surface area contributed by atoms with Gasteiger partial charge in [0.2, 0.25) is 5.88 Å². The molecular formula is C14H13F3N2O. The Morgan fingerprint density at radius 1 is 1.15 bits per heavy atom. The maximum Gasteiger partial charge on any atom is 0.419 e. The van der Waals surface area contributed by atoms with Crippen molar-refractivity contribution in [3.8, 4) is 11.6 Å². The van der Waals surface area contributed by atoms with Crippen molar-refractivity contribution in [1.82, 2.24) is 4.98 Å². The van der Waals surface area contributed by atoms with Crippen LogP contribution in [0.5, 0.6) is 11.6 Å². The van der Waals surface area contributed by atoms with Crippen LogP contribution in [0.1, 0.15) is 24.1 Å². The van der Waals surface area contributed by atoms with Gasteiger partial charge in [0.05, 0.1) is 5.56 Å². The molecule has 1 aromatic heterocycles. The number of benzene rings is 1. The lowest BCUT2D eigenvalue weighted by atomic mass is 10.1. The van der Waals surface area contributed by atoms with E-state index in [1.54, 1.807) is 13.0 Å². The predicted octanol–water partition coefficient (Wildman–Crippen LogP) is 3.91. The minimum Gasteiger partial charge on any atom is -0.438 e. The Hall–Kier alpha value is -2.08. The number of nitrogens with two attached hydrogens (primary N) is 1. The fourth-order valence-electron chi connectivity index (χ4n) is 1.62. The lowest BCUT2D eigenvalue weighted by Gasteiger charge is -2.13. The van der Waals surface area contributed by atoms with E-state index >= 15 is 0 Å². The molecule has 0 saturated carbocycles. The number of rotatable bonds is 3. The number of aromatic nitrogens is 1. The van der Waals surface area contributed by atoms with Gasteiger partial charge in [0.15, 0.2) is 0 Å². The third-order valence-electron chi connectivity index (χ3n) is 2.69. The SMILES string of the molecule is C[C@H](N)c1ccc(Oc2ccccc2C(F)(F)F)nc1. The van der Waals surface area contributed by atoms with Gasteiger partial charge in [-0.25, -0.2) is 4.98 Å². The molecule has 0 fully saturated rings. The molecule has 0 aliphatic heterocycles. The summed E-state index contributed by atoms with van der Waals surface area (Å²) in [5.74, 6) is -0.188. The van der Waals surface area contributed by atoms with E-state index in [-0.39, 0.29) is 17.7 Å². The van der Waals surface area contributed by atoms with Gasteiger partial charge in [0.25, 0.3) is 0 Å². The summed E-state index contributed by atoms with van der Waals surface area (Å²) in [6.07, 6.45) is -2.99. The summed E-state index contributed by atoms with van der Waals surface area (Å²) in [6.45, 7) is 1.79. The summed E-state index contributed by atoms with van der Waals surface area (Å²) in [5, 5.41) is 0. The van der Waals surface area contributed by atoms with Crippen LogP contribution in [0, 0.1) is 0 Å². The summed E-state index contributed by atoms with van der Waals surface area (Å²) in [4.78, 5) is 3.95. The van der Waals surface area contributed by atoms with Crippen LogP contribution in [-0.4, -0.2) is 4.98 Å². The summed E-state index contributed by atoms with van der Waals surface area (Å²) in [5.41, 5.74) is 5.61. The molecule has 1 aromatic carbocycles. The quantitative estimate of drug-likeness (QED) is 0.928. The molecular weight excluding hydrogens is 269 g/mol. The van der Waals surface area contributed by atoms with Crippen molar-refractivity contribution < 1.29 is 17.9 Å². The highest BCUT2D eigenvalue weighted by Crippen LogP contribution is 2.37. The molecule has 6 heteroatoms. The molecule has 106 valence electrons. The van der Waals surface area contributed by atoms with E-state index in [0.717, 1.165) is 11.6 Å². The topological polar surface area (TPSA) is 48.1 Å². The lowest BCUT2D eigenvalue weighted by molar-refractivity contribution is -0.138. The molecule has 3 nitrogen and oxygen atoms in total. The first kappa shape index (κ1) is 14.3. The van der Waals surface area contributed by atoms with Crippen LogP contribution in [-0.2, 0) is 6.18 Å². The van der Waals surface area contributed by atoms with E-state index in [0.29, 0.717) is 0 Å². The van der Waals surface area contributed by atoms with Crippen molar-refractivity contribution in [2.24, 2.45) is 5.73 Å². The van der Waals surface area contributed by atoms with Crippen molar-refractivity contribution in [3.05, 3.63) is 53.7 Å². The van der Waals surface area contributed by atoms with Crippen LogP contribution in [0.4, 0.5) is 13.2 Å². The average Bonchev–Trinajstić information content (AvgIpc) is 2.38. The molecule has 1 heterocycles. The Bertz CT molecular complexity index is 580. The molecule has 0 unspecified atom stereocenters. The van der Waals surface area contributed by atoms with Crippen LogP contribution < -0.4 is 10.5 Å². The summed E-state index contributed by atoms with van der Waals surface area (Å²) in [6, 6.07) is 7.97. The van der Waals surface area contributed by atoms with E-state index in [4.69, 9.17) is 10.5 Å². The highest BCUT2D eigenvalue weighted by atomic mass is 19.4. The van der Waals surface area contributed by atoms with Gasteiger partial charge in [0.1, 0.15) is 5.75 Å². The molecule has 2 rings (SSSR count). The van der Waals surface area contributed by atoms with E-state index in [1.807, 2.05) is 0 Å². The van der Waals surface area contributed by atoms with Gasteiger partial charge in [0, 0.05) is 18.3 Å². The fraction of sp³-hybridized carbons (Fsp3) is 0.214. The zero-order valence-corrected chi connectivity index (χ0v) is 10.7. The summed E-state index contributed by atoms with van der Waals surface area (Å²) >= 11 is 0. The Labute approximate surface area is 114 Å². The molecule has 0 radical (unpaired) electrons. The average molecular weight is 282 g/mol. The predicted molar refractivity (Wildman–Crippen MR) is 68.4 cm³/mol. The van der Waals surface area contributed by atoms with E-state index in [9.17, 15) is 13.2 Å². The van der Waals surface area contributed by atoms with Crippen LogP contribution in [0.15, 0.2) is 42.6 Å². The highest BCUT2D eigenvalue weighted by molar-refractivity contribution is 5.38. The third-order valence-corrected chi connectivity index (χ3v) is 2.69. The Morgan fingerprint density at radius 3 is 2.40 bits per heavy atom. The second-order valence-electron chi connectivity index (χ2n) is 4.31. The molecule has 0 amide bonds. The molecule has 2 N–H and O–H groups in total. The minimum absolute atomic E-state index is 0.0890. The standard InChI is InChI=1S/C14H13F3N2O/c1-9(18)10-6-7-13(19-8-10)20-12-5-3-2-4-11(12)14(15,16)17/h2-9H,18H2,1H3/t9-/m0/s1. The van der Waals surface area contributed by atoms with Gasteiger partial charge in [-0.3, -0.25) is 0 Å². The number of pyridine rings is 1. The zero-order chi connectivity index (χ0) is 14.8. The fourth-order valence-corrected chi connectivity index (χ4v) is 1.62. The molecule has 2 aromatic rings. The Kier molecular flexibility index (Phi) is 3.94. The van der Waals surface area contributed by atoms with Crippen molar-refractivity contribution in [2.75, 3.05) is 0 Å². The van der Waals surface area contributed by atoms with Gasteiger partial charge in [-0.1, -0.05) is 18.2 Å². The number of para-hydroxylation sites is 1. The van der Waals surface area contributed by atoms with Gasteiger partial charge in [-0.15, -0.1) is 0 Å². The Balaban J connectivity index is 2.26. The first-order valence-corrected chi connectivity index (χ1v) is 5.93. The maximum atomic E-state index is 12.8. The van der Waals surface area contributed by atoms with Crippen LogP contribution in [0.2, 0.25) is 0 Å². The highest BCUT2D eigenvalue weighted by Gasteiger charge is 2.34. The molecule has 0 bridgehead atoms. The minimum atomic E-state index is -4.47. The number of nitrogens with zero attached hydrogens (tertiary/aromatic N) is 1. The number of hydrogen-bond acceptors (Lipinski definition) is 3. The van der Waals surface area contributed by atoms with Crippen molar-refractivity contribution in [1.29, 1.82) is 0 Å². The normalized spacial score (nSPS) is 13.1. The van der Waals surface area contributed by atoms with Gasteiger partial charge in [-0.2, -0.15) is 13.2 Å². The first-order chi connectivity index (χ1) is 9.38. The third kappa shape index (κ3) is 3.27. The summed E-state index contributed by atoms with van der Waals surface area (Å²) < 4.78 is 43.6. The smallest absolute Gasteiger partial charge is 0.419 e. The number of hydrogen-bond donors (Lipinski definition) is 1. The van der Waals surface area contributed by atoms with Crippen LogP contribution >= 0.6 is 0 Å². The Morgan fingerprint density at radius 2 is 1.85 bits per heavy atom. The van der Waals surface area contributed by atoms with Crippen molar-refractivity contribution in [3.63, 3.8) is 0 Å². The number of halogens is 3. The van der Waals surface area contributed by atoms with Gasteiger partial charge in [-0.05, 0) is 24.6 Å². The van der Waals surface area contributed by atoms with E-state index in [2.05, 4.69) is 4.98 Å². The molecule has 0 aliphatic rings. The monoisotopic (exact) mass is 282 g/mol. The second-order valence-corrected chi connectivity index (χ2v) is 4.31. The van der Waals surface area contributed by atoms with Gasteiger partial charge < -0.3 is 10.5 Å². The maximum absolute atomic E-state index is 12.8. The second kappa shape index (κ2) is 5.50. The van der Waals surface area contributed by atoms with Crippen molar-refractivity contribution >= 4 is 0 Å². The molecule has 1 atom stereocenters. The number of alkyl halides is 3. The molecule has 0 saturated heterocycles. The largest absolute Gasteiger partial charge is 0.438 e. The van der Waals surface area contributed by atoms with Gasteiger partial charge >= 0.3 is 6.18 Å². The molecule has 0 aliphatic carbocycles. The van der Waals surface area contributed by atoms with Crippen molar-refractivity contribution in [2.45, 2.75) is 19.1 Å². The molecule has 20 heavy (non-hydrogen) atoms. The lowest BCUT2D eigenvalue weighted by Crippen LogP contribution is -2.07. The van der Waals surface area contributed by atoms with Crippen LogP contribution in [0.25, 0.3) is 0 Å². The molecule has 0 spiro atoms. The summed E-state index contributed by atoms with van der Waals surface area (Å²) in [7, 11) is 0.